The Morgan fingerprint density at radius 1 is 1.06 bits per heavy atom. The highest BCUT2D eigenvalue weighted by Crippen LogP contribution is 2.10. The number of nitrogens with zero attached hydrogens (tertiary/aromatic N) is 2. The Balaban J connectivity index is 1.95. The Labute approximate surface area is 106 Å². The average molecular weight is 237 g/mol. The van der Waals surface area contributed by atoms with Crippen LogP contribution in [0.1, 0.15) is 18.4 Å². The third kappa shape index (κ3) is 2.25. The van der Waals surface area contributed by atoms with Gasteiger partial charge in [0.25, 0.3) is 0 Å². The molecular weight excluding hydrogens is 222 g/mol. The van der Waals surface area contributed by atoms with Crippen molar-refractivity contribution in [2.75, 3.05) is 5.32 Å². The molecule has 18 heavy (non-hydrogen) atoms. The Morgan fingerprint density at radius 3 is 2.83 bits per heavy atom. The van der Waals surface area contributed by atoms with Gasteiger partial charge >= 0.3 is 0 Å². The highest BCUT2D eigenvalue weighted by molar-refractivity contribution is 5.53. The van der Waals surface area contributed by atoms with Gasteiger partial charge in [-0.15, -0.1) is 0 Å². The predicted molar refractivity (Wildman–Crippen MR) is 73.9 cm³/mol. The van der Waals surface area contributed by atoms with E-state index < -0.39 is 0 Å². The van der Waals surface area contributed by atoms with Gasteiger partial charge in [-0.05, 0) is 54.8 Å². The average Bonchev–Trinajstić information content (AvgIpc) is 2.39. The molecule has 3 nitrogen and oxygen atoms in total. The third-order valence-corrected chi connectivity index (χ3v) is 3.00. The van der Waals surface area contributed by atoms with Gasteiger partial charge in [0.2, 0.25) is 0 Å². The highest BCUT2D eigenvalue weighted by Gasteiger charge is 1.99. The van der Waals surface area contributed by atoms with E-state index in [-0.39, 0.29) is 0 Å². The van der Waals surface area contributed by atoms with Crippen molar-refractivity contribution in [3.63, 3.8) is 0 Å². The second-order valence-electron chi connectivity index (χ2n) is 4.50. The molecule has 0 unspecified atom stereocenters. The van der Waals surface area contributed by atoms with Gasteiger partial charge in [0.15, 0.2) is 0 Å². The van der Waals surface area contributed by atoms with Crippen LogP contribution < -0.4 is 15.9 Å². The number of anilines is 2. The van der Waals surface area contributed by atoms with Crippen LogP contribution in [0.25, 0.3) is 12.2 Å². The van der Waals surface area contributed by atoms with Crippen LogP contribution in [0.2, 0.25) is 0 Å². The van der Waals surface area contributed by atoms with Crippen LogP contribution in [0.3, 0.4) is 0 Å². The number of rotatable bonds is 2. The van der Waals surface area contributed by atoms with Crippen LogP contribution in [-0.4, -0.2) is 9.97 Å². The molecule has 90 valence electrons. The molecule has 0 amide bonds. The zero-order valence-electron chi connectivity index (χ0n) is 10.4. The molecule has 0 saturated carbocycles. The number of fused-ring (bicyclic) bond motifs is 1. The fraction of sp³-hybridized carbons (Fsp3) is 0.200. The molecule has 0 radical (unpaired) electrons. The Morgan fingerprint density at radius 2 is 1.94 bits per heavy atom. The summed E-state index contributed by atoms with van der Waals surface area (Å²) in [5.74, 6) is 1.68. The summed E-state index contributed by atoms with van der Waals surface area (Å²) in [6, 6.07) is 8.10. The summed E-state index contributed by atoms with van der Waals surface area (Å²) < 4.78 is 0. The van der Waals surface area contributed by atoms with Gasteiger partial charge in [0.1, 0.15) is 11.6 Å². The van der Waals surface area contributed by atoms with Crippen molar-refractivity contribution in [3.8, 4) is 0 Å². The molecule has 1 aliphatic rings. The summed E-state index contributed by atoms with van der Waals surface area (Å²) in [4.78, 5) is 8.88. The quantitative estimate of drug-likeness (QED) is 0.866. The highest BCUT2D eigenvalue weighted by atomic mass is 15.0. The van der Waals surface area contributed by atoms with Crippen molar-refractivity contribution < 1.29 is 0 Å². The molecule has 0 spiro atoms. The summed E-state index contributed by atoms with van der Waals surface area (Å²) >= 11 is 0. The maximum absolute atomic E-state index is 4.60. The van der Waals surface area contributed by atoms with Crippen LogP contribution in [0, 0.1) is 6.92 Å². The zero-order chi connectivity index (χ0) is 12.4. The van der Waals surface area contributed by atoms with E-state index in [0.717, 1.165) is 29.8 Å². The van der Waals surface area contributed by atoms with E-state index in [9.17, 15) is 0 Å². The fourth-order valence-electron chi connectivity index (χ4n) is 2.09. The number of pyridine rings is 2. The van der Waals surface area contributed by atoms with Crippen molar-refractivity contribution in [1.82, 2.24) is 9.97 Å². The lowest BCUT2D eigenvalue weighted by molar-refractivity contribution is 1.08. The molecule has 2 aromatic rings. The summed E-state index contributed by atoms with van der Waals surface area (Å²) in [7, 11) is 0. The fourth-order valence-corrected chi connectivity index (χ4v) is 2.09. The zero-order valence-corrected chi connectivity index (χ0v) is 10.4. The molecule has 0 fully saturated rings. The van der Waals surface area contributed by atoms with E-state index in [1.807, 2.05) is 18.2 Å². The van der Waals surface area contributed by atoms with Crippen LogP contribution in [-0.2, 0) is 0 Å². The first kappa shape index (κ1) is 11.0. The predicted octanol–water partition coefficient (Wildman–Crippen LogP) is 1.88. The van der Waals surface area contributed by atoms with E-state index in [4.69, 9.17) is 0 Å². The first-order valence-corrected chi connectivity index (χ1v) is 6.18. The van der Waals surface area contributed by atoms with Crippen molar-refractivity contribution >= 4 is 23.8 Å². The van der Waals surface area contributed by atoms with Gasteiger partial charge in [0, 0.05) is 6.20 Å². The third-order valence-electron chi connectivity index (χ3n) is 3.00. The molecule has 0 saturated heterocycles. The molecular formula is C15H15N3. The van der Waals surface area contributed by atoms with Gasteiger partial charge in [-0.3, -0.25) is 0 Å². The first-order chi connectivity index (χ1) is 8.81. The van der Waals surface area contributed by atoms with E-state index in [2.05, 4.69) is 40.4 Å². The van der Waals surface area contributed by atoms with E-state index in [0.29, 0.717) is 0 Å². The van der Waals surface area contributed by atoms with Gasteiger partial charge < -0.3 is 5.32 Å². The van der Waals surface area contributed by atoms with Crippen molar-refractivity contribution in [1.29, 1.82) is 0 Å². The van der Waals surface area contributed by atoms with Crippen LogP contribution in [0.4, 0.5) is 11.6 Å². The first-order valence-electron chi connectivity index (χ1n) is 6.18. The largest absolute Gasteiger partial charge is 0.325 e. The number of nitrogens with one attached hydrogen (secondary N) is 1. The minimum atomic E-state index is 0.835. The molecule has 3 heteroatoms. The number of hydrogen-bond acceptors (Lipinski definition) is 3. The number of aryl methyl sites for hydroxylation is 1. The Bertz CT molecular complexity index is 689. The standard InChI is InChI=1S/C15H15N3/c1-11-8-9-16-15(10-11)18-14-7-6-12-4-2-3-5-13(12)17-14/h4-10H,2-3H2,1H3,(H,16,17,18). The van der Waals surface area contributed by atoms with Gasteiger partial charge in [-0.25, -0.2) is 9.97 Å². The Hall–Kier alpha value is -2.16. The second-order valence-corrected chi connectivity index (χ2v) is 4.50. The molecule has 0 aliphatic heterocycles. The van der Waals surface area contributed by atoms with E-state index in [1.54, 1.807) is 6.20 Å². The van der Waals surface area contributed by atoms with Crippen LogP contribution in [0.5, 0.6) is 0 Å². The second kappa shape index (κ2) is 4.61. The summed E-state index contributed by atoms with van der Waals surface area (Å²) in [5.41, 5.74) is 1.19. The van der Waals surface area contributed by atoms with Crippen molar-refractivity contribution in [2.45, 2.75) is 19.8 Å². The maximum Gasteiger partial charge on any atom is 0.132 e. The van der Waals surface area contributed by atoms with Crippen LogP contribution in [0.15, 0.2) is 30.5 Å². The summed E-state index contributed by atoms with van der Waals surface area (Å²) in [6.45, 7) is 2.05. The normalized spacial score (nSPS) is 13.2. The summed E-state index contributed by atoms with van der Waals surface area (Å²) in [5, 5.41) is 5.53. The van der Waals surface area contributed by atoms with Gasteiger partial charge in [-0.2, -0.15) is 0 Å². The van der Waals surface area contributed by atoms with Crippen molar-refractivity contribution in [3.05, 3.63) is 46.6 Å². The van der Waals surface area contributed by atoms with Gasteiger partial charge in [-0.1, -0.05) is 12.2 Å². The lowest BCUT2D eigenvalue weighted by Gasteiger charge is -2.06. The minimum absolute atomic E-state index is 0.835. The summed E-state index contributed by atoms with van der Waals surface area (Å²) in [6.07, 6.45) is 8.41. The topological polar surface area (TPSA) is 37.8 Å². The van der Waals surface area contributed by atoms with Crippen molar-refractivity contribution in [2.24, 2.45) is 0 Å². The van der Waals surface area contributed by atoms with E-state index >= 15 is 0 Å². The van der Waals surface area contributed by atoms with Gasteiger partial charge in [0.05, 0.1) is 5.35 Å². The minimum Gasteiger partial charge on any atom is -0.325 e. The molecule has 3 rings (SSSR count). The molecule has 1 aliphatic carbocycles. The maximum atomic E-state index is 4.60. The molecule has 0 aromatic carbocycles. The van der Waals surface area contributed by atoms with E-state index in [1.165, 1.54) is 10.8 Å². The lowest BCUT2D eigenvalue weighted by Crippen LogP contribution is -2.30. The molecule has 0 atom stereocenters. The number of hydrogen-bond donors (Lipinski definition) is 1. The number of aromatic nitrogens is 2. The molecule has 2 heterocycles. The molecule has 2 aromatic heterocycles. The SMILES string of the molecule is Cc1ccnc(Nc2ccc3c(n2)=CCCC=3)c1. The molecule has 1 N–H and O–H groups in total. The smallest absolute Gasteiger partial charge is 0.132 e. The monoisotopic (exact) mass is 237 g/mol. The molecule has 0 bridgehead atoms. The van der Waals surface area contributed by atoms with Crippen LogP contribution >= 0.6 is 0 Å². The Kier molecular flexibility index (Phi) is 2.81. The lowest BCUT2D eigenvalue weighted by atomic mass is 10.1.